The molecule has 0 fully saturated rings. The number of hydrogen-bond acceptors (Lipinski definition) is 2. The molecule has 2 heterocycles. The first-order chi connectivity index (χ1) is 8.65. The van der Waals surface area contributed by atoms with Gasteiger partial charge in [0.05, 0.1) is 0 Å². The Kier molecular flexibility index (Phi) is 2.47. The average molecular weight is 240 g/mol. The van der Waals surface area contributed by atoms with Gasteiger partial charge in [-0.3, -0.25) is 4.79 Å². The minimum Gasteiger partial charge on any atom is -0.384 e. The second-order valence-electron chi connectivity index (χ2n) is 4.83. The van der Waals surface area contributed by atoms with Gasteiger partial charge in [0.1, 0.15) is 0 Å². The van der Waals surface area contributed by atoms with Crippen LogP contribution in [0.25, 0.3) is 5.69 Å². The quantitative estimate of drug-likeness (QED) is 0.830. The molecule has 0 aliphatic carbocycles. The van der Waals surface area contributed by atoms with Gasteiger partial charge in [-0.1, -0.05) is 0 Å². The number of benzene rings is 1. The molecule has 0 saturated carbocycles. The fourth-order valence-electron chi connectivity index (χ4n) is 2.70. The summed E-state index contributed by atoms with van der Waals surface area (Å²) in [5, 5.41) is 3.36. The normalized spacial score (nSPS) is 13.2. The lowest BCUT2D eigenvalue weighted by Crippen LogP contribution is -2.11. The predicted octanol–water partition coefficient (Wildman–Crippen LogP) is 2.42. The molecule has 18 heavy (non-hydrogen) atoms. The van der Waals surface area contributed by atoms with E-state index in [1.165, 1.54) is 11.3 Å². The first-order valence-electron chi connectivity index (χ1n) is 6.22. The van der Waals surface area contributed by atoms with Crippen molar-refractivity contribution in [3.05, 3.63) is 57.5 Å². The number of fused-ring (bicyclic) bond motifs is 1. The maximum absolute atomic E-state index is 11.5. The van der Waals surface area contributed by atoms with E-state index in [1.54, 1.807) is 12.1 Å². The van der Waals surface area contributed by atoms with Gasteiger partial charge < -0.3 is 9.88 Å². The fourth-order valence-corrected chi connectivity index (χ4v) is 2.70. The molecule has 1 aromatic heterocycles. The van der Waals surface area contributed by atoms with Gasteiger partial charge in [0.2, 0.25) is 0 Å². The van der Waals surface area contributed by atoms with Gasteiger partial charge in [-0.2, -0.15) is 0 Å². The molecule has 3 nitrogen and oxygen atoms in total. The van der Waals surface area contributed by atoms with Crippen molar-refractivity contribution >= 4 is 5.69 Å². The average Bonchev–Trinajstić information content (AvgIpc) is 2.74. The number of pyridine rings is 1. The van der Waals surface area contributed by atoms with Crippen LogP contribution in [0.15, 0.2) is 35.1 Å². The maximum atomic E-state index is 11.5. The van der Waals surface area contributed by atoms with E-state index >= 15 is 0 Å². The topological polar surface area (TPSA) is 34.0 Å². The summed E-state index contributed by atoms with van der Waals surface area (Å²) in [5.41, 5.74) is 5.74. The molecule has 0 saturated heterocycles. The van der Waals surface area contributed by atoms with E-state index in [0.717, 1.165) is 30.0 Å². The highest BCUT2D eigenvalue weighted by Crippen LogP contribution is 2.25. The van der Waals surface area contributed by atoms with Gasteiger partial charge >= 0.3 is 0 Å². The molecule has 0 radical (unpaired) electrons. The summed E-state index contributed by atoms with van der Waals surface area (Å²) in [6.45, 7) is 4.96. The van der Waals surface area contributed by atoms with Crippen molar-refractivity contribution in [3.63, 3.8) is 0 Å². The van der Waals surface area contributed by atoms with E-state index in [4.69, 9.17) is 0 Å². The monoisotopic (exact) mass is 240 g/mol. The molecular weight excluding hydrogens is 224 g/mol. The molecule has 0 amide bonds. The molecule has 3 rings (SSSR count). The van der Waals surface area contributed by atoms with E-state index in [9.17, 15) is 4.79 Å². The Morgan fingerprint density at radius 2 is 1.83 bits per heavy atom. The number of aryl methyl sites for hydroxylation is 2. The van der Waals surface area contributed by atoms with E-state index in [-0.39, 0.29) is 5.43 Å². The number of nitrogens with one attached hydrogen (secondary N) is 1. The zero-order valence-corrected chi connectivity index (χ0v) is 10.7. The minimum atomic E-state index is 0.0732. The van der Waals surface area contributed by atoms with Crippen LogP contribution in [0.5, 0.6) is 0 Å². The third-order valence-corrected chi connectivity index (χ3v) is 3.46. The SMILES string of the molecule is Cc1cc(=O)cc(C)n1-c1ccc2c(c1)CCN2. The Hall–Kier alpha value is -2.03. The molecule has 1 aliphatic rings. The maximum Gasteiger partial charge on any atom is 0.182 e. The largest absolute Gasteiger partial charge is 0.384 e. The minimum absolute atomic E-state index is 0.0732. The molecular formula is C15H16N2O. The van der Waals surface area contributed by atoms with Crippen molar-refractivity contribution in [3.8, 4) is 5.69 Å². The molecule has 1 aliphatic heterocycles. The van der Waals surface area contributed by atoms with E-state index in [1.807, 2.05) is 13.8 Å². The lowest BCUT2D eigenvalue weighted by Gasteiger charge is -2.15. The van der Waals surface area contributed by atoms with Crippen LogP contribution in [0.4, 0.5) is 5.69 Å². The highest BCUT2D eigenvalue weighted by atomic mass is 16.1. The van der Waals surface area contributed by atoms with Gasteiger partial charge in [-0.25, -0.2) is 0 Å². The number of hydrogen-bond donors (Lipinski definition) is 1. The lowest BCUT2D eigenvalue weighted by atomic mass is 10.1. The smallest absolute Gasteiger partial charge is 0.182 e. The summed E-state index contributed by atoms with van der Waals surface area (Å²) in [5.74, 6) is 0. The Bertz CT molecular complexity index is 644. The summed E-state index contributed by atoms with van der Waals surface area (Å²) in [6, 6.07) is 9.78. The molecule has 1 aromatic carbocycles. The van der Waals surface area contributed by atoms with Gasteiger partial charge in [-0.15, -0.1) is 0 Å². The Labute approximate surface area is 106 Å². The molecule has 2 aromatic rings. The van der Waals surface area contributed by atoms with Crippen LogP contribution in [0.1, 0.15) is 17.0 Å². The summed E-state index contributed by atoms with van der Waals surface area (Å²) in [4.78, 5) is 11.5. The van der Waals surface area contributed by atoms with Gasteiger partial charge in [-0.05, 0) is 44.0 Å². The van der Waals surface area contributed by atoms with E-state index < -0.39 is 0 Å². The van der Waals surface area contributed by atoms with Crippen LogP contribution in [0.2, 0.25) is 0 Å². The molecule has 92 valence electrons. The molecule has 0 atom stereocenters. The lowest BCUT2D eigenvalue weighted by molar-refractivity contribution is 0.920. The zero-order valence-electron chi connectivity index (χ0n) is 10.7. The highest BCUT2D eigenvalue weighted by Gasteiger charge is 2.11. The van der Waals surface area contributed by atoms with Gasteiger partial charge in [0.15, 0.2) is 5.43 Å². The molecule has 0 spiro atoms. The van der Waals surface area contributed by atoms with Crippen molar-refractivity contribution in [2.45, 2.75) is 20.3 Å². The van der Waals surface area contributed by atoms with Gasteiger partial charge in [0, 0.05) is 41.4 Å². The fraction of sp³-hybridized carbons (Fsp3) is 0.267. The predicted molar refractivity (Wildman–Crippen MR) is 73.7 cm³/mol. The van der Waals surface area contributed by atoms with Crippen molar-refractivity contribution in [1.82, 2.24) is 4.57 Å². The van der Waals surface area contributed by atoms with E-state index in [0.29, 0.717) is 0 Å². The first-order valence-corrected chi connectivity index (χ1v) is 6.22. The number of rotatable bonds is 1. The van der Waals surface area contributed by atoms with Crippen LogP contribution >= 0.6 is 0 Å². The zero-order chi connectivity index (χ0) is 12.7. The standard InChI is InChI=1S/C15H16N2O/c1-10-7-14(18)8-11(2)17(10)13-3-4-15-12(9-13)5-6-16-15/h3-4,7-9,16H,5-6H2,1-2H3. The third kappa shape index (κ3) is 1.72. The molecule has 0 unspecified atom stereocenters. The summed E-state index contributed by atoms with van der Waals surface area (Å²) in [6.07, 6.45) is 1.07. The third-order valence-electron chi connectivity index (χ3n) is 3.46. The van der Waals surface area contributed by atoms with Crippen molar-refractivity contribution in [2.24, 2.45) is 0 Å². The van der Waals surface area contributed by atoms with Crippen LogP contribution in [0.3, 0.4) is 0 Å². The highest BCUT2D eigenvalue weighted by molar-refractivity contribution is 5.59. The van der Waals surface area contributed by atoms with E-state index in [2.05, 4.69) is 28.1 Å². The Morgan fingerprint density at radius 3 is 2.56 bits per heavy atom. The summed E-state index contributed by atoms with van der Waals surface area (Å²) < 4.78 is 2.12. The molecule has 3 heteroatoms. The van der Waals surface area contributed by atoms with Crippen LogP contribution in [-0.2, 0) is 6.42 Å². The molecule has 0 bridgehead atoms. The second kappa shape index (κ2) is 4.02. The van der Waals surface area contributed by atoms with Crippen molar-refractivity contribution in [2.75, 3.05) is 11.9 Å². The van der Waals surface area contributed by atoms with Crippen LogP contribution in [-0.4, -0.2) is 11.1 Å². The van der Waals surface area contributed by atoms with Crippen molar-refractivity contribution in [1.29, 1.82) is 0 Å². The van der Waals surface area contributed by atoms with Crippen molar-refractivity contribution < 1.29 is 0 Å². The summed E-state index contributed by atoms with van der Waals surface area (Å²) >= 11 is 0. The molecule has 1 N–H and O–H groups in total. The van der Waals surface area contributed by atoms with Crippen LogP contribution < -0.4 is 10.7 Å². The number of anilines is 1. The van der Waals surface area contributed by atoms with Crippen LogP contribution in [0, 0.1) is 13.8 Å². The second-order valence-corrected chi connectivity index (χ2v) is 4.83. The first kappa shape index (κ1) is 11.1. The summed E-state index contributed by atoms with van der Waals surface area (Å²) in [7, 11) is 0. The number of nitrogens with zero attached hydrogens (tertiary/aromatic N) is 1. The Balaban J connectivity index is 2.18. The van der Waals surface area contributed by atoms with Gasteiger partial charge in [0.25, 0.3) is 0 Å². The number of aromatic nitrogens is 1. The Morgan fingerprint density at radius 1 is 1.11 bits per heavy atom.